The fraction of sp³-hybridized carbons (Fsp3) is 0.700. The zero-order chi connectivity index (χ0) is 49.9. The first-order valence-corrected chi connectivity index (χ1v) is 26.4. The van der Waals surface area contributed by atoms with E-state index >= 15 is 0 Å². The number of esters is 2. The van der Waals surface area contributed by atoms with Crippen molar-refractivity contribution in [3.8, 4) is 11.5 Å². The van der Waals surface area contributed by atoms with Crippen molar-refractivity contribution in [1.82, 2.24) is 0 Å². The molecule has 9 heteroatoms. The highest BCUT2D eigenvalue weighted by Gasteiger charge is 2.72. The highest BCUT2D eigenvalue weighted by Crippen LogP contribution is 2.78. The Hall–Kier alpha value is -3.98. The number of hydrogen-bond acceptors (Lipinski definition) is 9. The van der Waals surface area contributed by atoms with Crippen molar-refractivity contribution in [2.75, 3.05) is 14.2 Å². The zero-order valence-electron chi connectivity index (χ0n) is 44.2. The Bertz CT molecular complexity index is 2720. The monoisotopic (exact) mass is 943 g/mol. The van der Waals surface area contributed by atoms with Crippen LogP contribution in [-0.4, -0.2) is 54.2 Å². The van der Waals surface area contributed by atoms with Crippen LogP contribution in [0, 0.1) is 67.5 Å². The molecule has 9 aliphatic carbocycles. The number of allylic oxidation sites excluding steroid dienone is 5. The largest absolute Gasteiger partial charge is 0.471 e. The molecule has 1 aliphatic heterocycles. The van der Waals surface area contributed by atoms with Gasteiger partial charge < -0.3 is 24.1 Å². The molecule has 372 valence electrons. The number of hydrogen-bond donors (Lipinski definition) is 1. The highest BCUT2D eigenvalue weighted by atomic mass is 16.7. The lowest BCUT2D eigenvalue weighted by atomic mass is 9.34. The van der Waals surface area contributed by atoms with Crippen LogP contribution in [0.1, 0.15) is 188 Å². The minimum atomic E-state index is -2.38. The molecule has 11 rings (SSSR count). The number of ether oxygens (including phenoxy) is 4. The second-order valence-corrected chi connectivity index (χ2v) is 27.2. The maximum atomic E-state index is 14.9. The van der Waals surface area contributed by atoms with E-state index in [0.29, 0.717) is 22.8 Å². The predicted molar refractivity (Wildman–Crippen MR) is 263 cm³/mol. The number of benzene rings is 1. The quantitative estimate of drug-likeness (QED) is 0.289. The molecule has 1 heterocycles. The lowest BCUT2D eigenvalue weighted by Gasteiger charge is -2.70. The third kappa shape index (κ3) is 5.38. The van der Waals surface area contributed by atoms with Gasteiger partial charge in [0.2, 0.25) is 11.4 Å². The second-order valence-electron chi connectivity index (χ2n) is 27.2. The van der Waals surface area contributed by atoms with Gasteiger partial charge in [0.05, 0.1) is 25.0 Å². The molecular formula is C60H78O9. The normalized spacial score (nSPS) is 48.9. The van der Waals surface area contributed by atoms with E-state index in [9.17, 15) is 24.3 Å². The number of methoxy groups -OCH3 is 2. The number of ketones is 2. The van der Waals surface area contributed by atoms with Gasteiger partial charge in [-0.3, -0.25) is 19.2 Å². The molecule has 0 radical (unpaired) electrons. The van der Waals surface area contributed by atoms with E-state index in [1.54, 1.807) is 13.0 Å². The summed E-state index contributed by atoms with van der Waals surface area (Å²) in [6.07, 6.45) is 20.6. The third-order valence-electron chi connectivity index (χ3n) is 24.2. The maximum absolute atomic E-state index is 14.9. The first-order valence-electron chi connectivity index (χ1n) is 26.4. The van der Waals surface area contributed by atoms with Crippen LogP contribution in [0.2, 0.25) is 0 Å². The molecule has 14 atom stereocenters. The average Bonchev–Trinajstić information content (AvgIpc) is 3.30. The van der Waals surface area contributed by atoms with E-state index in [0.717, 1.165) is 112 Å². The summed E-state index contributed by atoms with van der Waals surface area (Å²) in [4.78, 5) is 56.4. The molecule has 10 aliphatic rings. The lowest BCUT2D eigenvalue weighted by Crippen LogP contribution is -2.70. The van der Waals surface area contributed by atoms with Gasteiger partial charge in [-0.1, -0.05) is 73.1 Å². The third-order valence-corrected chi connectivity index (χ3v) is 24.2. The van der Waals surface area contributed by atoms with Gasteiger partial charge in [0.15, 0.2) is 17.3 Å². The van der Waals surface area contributed by atoms with Crippen LogP contribution in [-0.2, 0) is 29.3 Å². The van der Waals surface area contributed by atoms with Crippen LogP contribution >= 0.6 is 0 Å². The molecule has 69 heavy (non-hydrogen) atoms. The van der Waals surface area contributed by atoms with Crippen LogP contribution in [0.15, 0.2) is 52.7 Å². The van der Waals surface area contributed by atoms with Gasteiger partial charge in [-0.2, -0.15) is 0 Å². The van der Waals surface area contributed by atoms with Crippen molar-refractivity contribution >= 4 is 23.5 Å². The van der Waals surface area contributed by atoms with Gasteiger partial charge in [0.1, 0.15) is 0 Å². The molecule has 0 saturated heterocycles. The number of carbonyl (C=O) groups is 4. The van der Waals surface area contributed by atoms with Gasteiger partial charge >= 0.3 is 17.7 Å². The minimum Gasteiger partial charge on any atom is -0.471 e. The Labute approximate surface area is 410 Å². The Morgan fingerprint density at radius 3 is 1.65 bits per heavy atom. The van der Waals surface area contributed by atoms with E-state index < -0.39 is 38.8 Å². The molecule has 0 aromatic heterocycles. The summed E-state index contributed by atoms with van der Waals surface area (Å²) >= 11 is 0. The number of carbonyl (C=O) groups excluding carboxylic acids is 4. The Morgan fingerprint density at radius 1 is 0.609 bits per heavy atom. The summed E-state index contributed by atoms with van der Waals surface area (Å²) in [7, 11) is 3.02. The summed E-state index contributed by atoms with van der Waals surface area (Å²) in [5.41, 5.74) is 1.80. The predicted octanol–water partition coefficient (Wildman–Crippen LogP) is 12.1. The summed E-state index contributed by atoms with van der Waals surface area (Å²) in [5, 5.41) is 12.8. The van der Waals surface area contributed by atoms with Gasteiger partial charge in [-0.05, 0) is 197 Å². The van der Waals surface area contributed by atoms with Gasteiger partial charge in [-0.15, -0.1) is 0 Å². The van der Waals surface area contributed by atoms with E-state index in [1.165, 1.54) is 19.8 Å². The Morgan fingerprint density at radius 2 is 1.12 bits per heavy atom. The van der Waals surface area contributed by atoms with E-state index in [4.69, 9.17) is 18.9 Å². The van der Waals surface area contributed by atoms with Crippen LogP contribution in [0.5, 0.6) is 11.5 Å². The van der Waals surface area contributed by atoms with E-state index in [1.807, 2.05) is 19.1 Å². The Balaban J connectivity index is 0.979. The van der Waals surface area contributed by atoms with E-state index in [-0.39, 0.29) is 61.9 Å². The topological polar surface area (TPSA) is 125 Å². The minimum absolute atomic E-state index is 0.0847. The summed E-state index contributed by atoms with van der Waals surface area (Å²) < 4.78 is 24.7. The van der Waals surface area contributed by atoms with Crippen molar-refractivity contribution < 1.29 is 43.2 Å². The number of fused-ring (bicyclic) bond motifs is 17. The summed E-state index contributed by atoms with van der Waals surface area (Å²) in [6, 6.07) is 2.01. The highest BCUT2D eigenvalue weighted by molar-refractivity contribution is 6.10. The van der Waals surface area contributed by atoms with Crippen molar-refractivity contribution in [3.63, 3.8) is 0 Å². The molecule has 0 bridgehead atoms. The first-order chi connectivity index (χ1) is 32.0. The smallest absolute Gasteiger partial charge is 0.317 e. The standard InChI is InChI=1S/C60H78O9/c1-34-45-37(54(7)24-28-58(11)43-33-52(5,48(64)67-14)20-18-50(43,3)22-26-56(58,9)41(54)31-38(45)61)29-39-46(34)69-60(65)44(62)30-36-35(59(60,12)68-39)15-16-40-53(36,6)23-27-57(10)42-32-51(4,47(63)66-13)19-17-49(42,2)21-25-55(40,57)8/h15-16,29-31,42-43,65H,17-28,32-33H2,1-14H3/t42-,43-,49-,50-,51-,52-,53+,54+,55-,56-,57+,58+,59+,60-/m1/s1. The molecule has 0 amide bonds. The maximum Gasteiger partial charge on any atom is 0.317 e. The average molecular weight is 943 g/mol. The molecule has 6 fully saturated rings. The fourth-order valence-corrected chi connectivity index (χ4v) is 18.9. The van der Waals surface area contributed by atoms with Crippen LogP contribution in [0.3, 0.4) is 0 Å². The fourth-order valence-electron chi connectivity index (χ4n) is 18.9. The van der Waals surface area contributed by atoms with Crippen molar-refractivity contribution in [1.29, 1.82) is 0 Å². The zero-order valence-corrected chi connectivity index (χ0v) is 44.2. The summed E-state index contributed by atoms with van der Waals surface area (Å²) in [6.45, 7) is 27.0. The van der Waals surface area contributed by atoms with Crippen molar-refractivity contribution in [2.45, 2.75) is 190 Å². The molecule has 0 unspecified atom stereocenters. The molecule has 9 nitrogen and oxygen atoms in total. The van der Waals surface area contributed by atoms with Crippen molar-refractivity contribution in [2.24, 2.45) is 60.6 Å². The number of aliphatic hydroxyl groups is 1. The lowest BCUT2D eigenvalue weighted by molar-refractivity contribution is -0.231. The molecule has 6 saturated carbocycles. The SMILES string of the molecule is COC(=O)[C@]1(C)CC[C@]2(C)CC[C@]3(C)C4=CC=C5C(=CC(=O)[C@@]6(O)Oc7c(cc8c(c7C)C(=O)C=C7[C@@]8(C)CC[C@@]8(C)[C@@H]9C[C@](C)(C(=O)OC)CC[C@]9(C)CC[C@]78C)O[C@@]56C)[C@]4(C)CC[C@@]3(C)[C@@H]2C1. The molecule has 1 N–H and O–H groups in total. The van der Waals surface area contributed by atoms with E-state index in [2.05, 4.69) is 81.4 Å². The molecule has 1 aromatic carbocycles. The van der Waals surface area contributed by atoms with Crippen LogP contribution in [0.25, 0.3) is 0 Å². The number of rotatable bonds is 2. The van der Waals surface area contributed by atoms with Gasteiger partial charge in [0, 0.05) is 27.5 Å². The van der Waals surface area contributed by atoms with Gasteiger partial charge in [0.25, 0.3) is 0 Å². The Kier molecular flexibility index (Phi) is 9.43. The van der Waals surface area contributed by atoms with Crippen LogP contribution in [0.4, 0.5) is 0 Å². The first kappa shape index (κ1) is 47.4. The molecule has 0 spiro atoms. The van der Waals surface area contributed by atoms with Crippen molar-refractivity contribution in [3.05, 3.63) is 69.4 Å². The van der Waals surface area contributed by atoms with Gasteiger partial charge in [-0.25, -0.2) is 0 Å². The molecular weight excluding hydrogens is 865 g/mol. The van der Waals surface area contributed by atoms with Crippen LogP contribution < -0.4 is 9.47 Å². The summed E-state index contributed by atoms with van der Waals surface area (Å²) in [5.74, 6) is -2.04. The molecule has 1 aromatic rings. The second kappa shape index (κ2) is 13.7.